The molecule has 0 spiro atoms. The molecule has 0 aliphatic carbocycles. The van der Waals surface area contributed by atoms with Gasteiger partial charge in [0.05, 0.1) is 5.39 Å². The minimum atomic E-state index is -0.565. The predicted octanol–water partition coefficient (Wildman–Crippen LogP) is 3.08. The number of rotatable bonds is 2. The number of halogens is 1. The van der Waals surface area contributed by atoms with Gasteiger partial charge in [-0.05, 0) is 23.6 Å². The summed E-state index contributed by atoms with van der Waals surface area (Å²) < 4.78 is 15.7. The second kappa shape index (κ2) is 7.25. The Morgan fingerprint density at radius 2 is 1.97 bits per heavy atom. The van der Waals surface area contributed by atoms with E-state index in [1.807, 2.05) is 6.07 Å². The Bertz CT molecular complexity index is 1320. The van der Waals surface area contributed by atoms with Gasteiger partial charge in [-0.3, -0.25) is 4.98 Å². The molecule has 4 aromatic rings. The summed E-state index contributed by atoms with van der Waals surface area (Å²) in [5.74, 6) is 2.76. The van der Waals surface area contributed by atoms with Crippen LogP contribution in [-0.2, 0) is 0 Å². The molecule has 1 aliphatic heterocycles. The Labute approximate surface area is 172 Å². The van der Waals surface area contributed by atoms with Crippen LogP contribution < -0.4 is 10.2 Å². The van der Waals surface area contributed by atoms with E-state index in [4.69, 9.17) is 6.42 Å². The minimum absolute atomic E-state index is 0.0113. The molecule has 3 heterocycles. The summed E-state index contributed by atoms with van der Waals surface area (Å²) in [7, 11) is 0. The van der Waals surface area contributed by atoms with Crippen molar-refractivity contribution in [1.29, 1.82) is 0 Å². The lowest BCUT2D eigenvalue weighted by Crippen LogP contribution is -2.44. The molecule has 2 N–H and O–H groups in total. The van der Waals surface area contributed by atoms with E-state index in [-0.39, 0.29) is 17.0 Å². The molecular formula is C23H18FN5O. The highest BCUT2D eigenvalue weighted by atomic mass is 19.1. The number of nitrogens with one attached hydrogen (secondary N) is 1. The first-order chi connectivity index (χ1) is 14.7. The standard InChI is InChI=1S/C23H18FN5O/c1-2-14-4-3-5-15-10-16(30)11-17(19(14)15)21-20(24)22-18(12-26-21)23(28-13-27-22)29-8-6-25-7-9-29/h1,3-5,10-13,25,30H,6-9H2. The Balaban J connectivity index is 1.76. The molecule has 0 amide bonds. The molecule has 2 aromatic heterocycles. The van der Waals surface area contributed by atoms with E-state index < -0.39 is 5.82 Å². The number of aromatic hydroxyl groups is 1. The van der Waals surface area contributed by atoms with Gasteiger partial charge in [0.15, 0.2) is 5.82 Å². The monoisotopic (exact) mass is 399 g/mol. The van der Waals surface area contributed by atoms with Crippen LogP contribution in [0.5, 0.6) is 5.75 Å². The molecule has 0 atom stereocenters. The van der Waals surface area contributed by atoms with E-state index in [0.29, 0.717) is 33.1 Å². The molecule has 148 valence electrons. The minimum Gasteiger partial charge on any atom is -0.508 e. The Morgan fingerprint density at radius 1 is 1.13 bits per heavy atom. The zero-order chi connectivity index (χ0) is 20.7. The number of nitrogens with zero attached hydrogens (tertiary/aromatic N) is 4. The Hall–Kier alpha value is -3.76. The van der Waals surface area contributed by atoms with E-state index >= 15 is 4.39 Å². The highest BCUT2D eigenvalue weighted by Gasteiger charge is 2.21. The molecule has 1 aliphatic rings. The average molecular weight is 399 g/mol. The smallest absolute Gasteiger partial charge is 0.175 e. The second-order valence-corrected chi connectivity index (χ2v) is 7.16. The fourth-order valence-electron chi connectivity index (χ4n) is 4.01. The fourth-order valence-corrected chi connectivity index (χ4v) is 4.01. The summed E-state index contributed by atoms with van der Waals surface area (Å²) in [5.41, 5.74) is 1.32. The quantitative estimate of drug-likeness (QED) is 0.505. The Kier molecular flexibility index (Phi) is 4.42. The van der Waals surface area contributed by atoms with E-state index in [1.165, 1.54) is 12.4 Å². The van der Waals surface area contributed by atoms with Crippen LogP contribution in [0.15, 0.2) is 42.9 Å². The molecule has 0 saturated carbocycles. The van der Waals surface area contributed by atoms with Crippen molar-refractivity contribution in [3.63, 3.8) is 0 Å². The van der Waals surface area contributed by atoms with Crippen LogP contribution in [0, 0.1) is 18.2 Å². The number of aromatic nitrogens is 3. The van der Waals surface area contributed by atoms with Gasteiger partial charge in [-0.25, -0.2) is 14.4 Å². The largest absolute Gasteiger partial charge is 0.508 e. The number of hydrogen-bond acceptors (Lipinski definition) is 6. The summed E-state index contributed by atoms with van der Waals surface area (Å²) in [4.78, 5) is 15.1. The first-order valence-corrected chi connectivity index (χ1v) is 9.65. The third-order valence-electron chi connectivity index (χ3n) is 5.39. The van der Waals surface area contributed by atoms with Gasteiger partial charge in [0.25, 0.3) is 0 Å². The fraction of sp³-hybridized carbons (Fsp3) is 0.174. The maximum Gasteiger partial charge on any atom is 0.175 e. The number of fused-ring (bicyclic) bond motifs is 2. The number of pyridine rings is 1. The lowest BCUT2D eigenvalue weighted by atomic mass is 9.96. The third-order valence-corrected chi connectivity index (χ3v) is 5.39. The molecule has 2 aromatic carbocycles. The van der Waals surface area contributed by atoms with E-state index in [2.05, 4.69) is 31.1 Å². The van der Waals surface area contributed by atoms with Crippen LogP contribution >= 0.6 is 0 Å². The molecule has 30 heavy (non-hydrogen) atoms. The van der Waals surface area contributed by atoms with Gasteiger partial charge in [-0.1, -0.05) is 18.1 Å². The normalized spacial score (nSPS) is 14.2. The number of terminal acetylenes is 1. The summed E-state index contributed by atoms with van der Waals surface area (Å²) in [6.45, 7) is 3.23. The van der Waals surface area contributed by atoms with Crippen LogP contribution in [0.4, 0.5) is 10.2 Å². The topological polar surface area (TPSA) is 74.2 Å². The van der Waals surface area contributed by atoms with Crippen molar-refractivity contribution >= 4 is 27.5 Å². The van der Waals surface area contributed by atoms with Crippen molar-refractivity contribution in [2.75, 3.05) is 31.1 Å². The van der Waals surface area contributed by atoms with Gasteiger partial charge in [0.1, 0.15) is 29.1 Å². The maximum absolute atomic E-state index is 15.7. The van der Waals surface area contributed by atoms with Crippen LogP contribution in [0.1, 0.15) is 5.56 Å². The predicted molar refractivity (Wildman–Crippen MR) is 115 cm³/mol. The van der Waals surface area contributed by atoms with Crippen molar-refractivity contribution < 1.29 is 9.50 Å². The summed E-state index contributed by atoms with van der Waals surface area (Å²) in [6.07, 6.45) is 8.65. The second-order valence-electron chi connectivity index (χ2n) is 7.16. The van der Waals surface area contributed by atoms with Crippen molar-refractivity contribution in [3.8, 4) is 29.4 Å². The molecule has 7 heteroatoms. The van der Waals surface area contributed by atoms with Gasteiger partial charge in [0, 0.05) is 48.9 Å². The van der Waals surface area contributed by atoms with Crippen LogP contribution in [0.3, 0.4) is 0 Å². The van der Waals surface area contributed by atoms with Crippen molar-refractivity contribution in [1.82, 2.24) is 20.3 Å². The zero-order valence-electron chi connectivity index (χ0n) is 16.1. The number of phenolic OH excluding ortho intramolecular Hbond substituents is 1. The lowest BCUT2D eigenvalue weighted by Gasteiger charge is -2.29. The molecule has 6 nitrogen and oxygen atoms in total. The molecule has 0 unspecified atom stereocenters. The van der Waals surface area contributed by atoms with Crippen molar-refractivity contribution in [2.24, 2.45) is 0 Å². The molecule has 1 fully saturated rings. The highest BCUT2D eigenvalue weighted by Crippen LogP contribution is 2.37. The number of hydrogen-bond donors (Lipinski definition) is 2. The van der Waals surface area contributed by atoms with Gasteiger partial charge < -0.3 is 15.3 Å². The highest BCUT2D eigenvalue weighted by molar-refractivity contribution is 6.02. The zero-order valence-corrected chi connectivity index (χ0v) is 16.1. The summed E-state index contributed by atoms with van der Waals surface area (Å²) >= 11 is 0. The van der Waals surface area contributed by atoms with E-state index in [9.17, 15) is 5.11 Å². The van der Waals surface area contributed by atoms with Crippen molar-refractivity contribution in [3.05, 3.63) is 54.2 Å². The van der Waals surface area contributed by atoms with Gasteiger partial charge in [-0.15, -0.1) is 6.42 Å². The third kappa shape index (κ3) is 2.90. The van der Waals surface area contributed by atoms with E-state index in [0.717, 1.165) is 26.2 Å². The first-order valence-electron chi connectivity index (χ1n) is 9.65. The lowest BCUT2D eigenvalue weighted by molar-refractivity contribution is 0.476. The van der Waals surface area contributed by atoms with Crippen molar-refractivity contribution in [2.45, 2.75) is 0 Å². The average Bonchev–Trinajstić information content (AvgIpc) is 2.78. The van der Waals surface area contributed by atoms with Crippen LogP contribution in [-0.4, -0.2) is 46.2 Å². The van der Waals surface area contributed by atoms with Crippen LogP contribution in [0.25, 0.3) is 32.9 Å². The number of piperazine rings is 1. The number of benzene rings is 2. The number of anilines is 1. The SMILES string of the molecule is C#Cc1cccc2cc(O)cc(-c3ncc4c(N5CCNCC5)ncnc4c3F)c12. The van der Waals surface area contributed by atoms with Crippen LogP contribution in [0.2, 0.25) is 0 Å². The molecule has 1 saturated heterocycles. The van der Waals surface area contributed by atoms with Gasteiger partial charge >= 0.3 is 0 Å². The summed E-state index contributed by atoms with van der Waals surface area (Å²) in [6, 6.07) is 8.50. The Morgan fingerprint density at radius 3 is 2.77 bits per heavy atom. The molecule has 5 rings (SSSR count). The molecule has 0 radical (unpaired) electrons. The number of phenols is 1. The molecule has 0 bridgehead atoms. The van der Waals surface area contributed by atoms with Gasteiger partial charge in [0.2, 0.25) is 0 Å². The van der Waals surface area contributed by atoms with Gasteiger partial charge in [-0.2, -0.15) is 0 Å². The summed E-state index contributed by atoms with van der Waals surface area (Å²) in [5, 5.41) is 15.4. The maximum atomic E-state index is 15.7. The van der Waals surface area contributed by atoms with E-state index in [1.54, 1.807) is 24.4 Å². The molecular weight excluding hydrogens is 381 g/mol. The first kappa shape index (κ1) is 18.3.